The average molecular weight is 269 g/mol. The van der Waals surface area contributed by atoms with Gasteiger partial charge < -0.3 is 10.2 Å². The van der Waals surface area contributed by atoms with Crippen molar-refractivity contribution in [3.63, 3.8) is 0 Å². The molecule has 0 saturated carbocycles. The molecule has 1 aromatic carbocycles. The van der Waals surface area contributed by atoms with Crippen molar-refractivity contribution in [2.75, 3.05) is 0 Å². The predicted molar refractivity (Wildman–Crippen MR) is 62.0 cm³/mol. The maximum atomic E-state index is 13.8. The Morgan fingerprint density at radius 1 is 1.42 bits per heavy atom. The lowest BCUT2D eigenvalue weighted by atomic mass is 9.85. The number of aliphatic hydroxyl groups excluding tert-OH is 1. The smallest absolute Gasteiger partial charge is 0.137 e. The first-order valence-electron chi connectivity index (χ1n) is 5.63. The van der Waals surface area contributed by atoms with Gasteiger partial charge in [0.15, 0.2) is 0 Å². The zero-order chi connectivity index (χ0) is 14.0. The minimum absolute atomic E-state index is 0.173. The summed E-state index contributed by atoms with van der Waals surface area (Å²) in [5.74, 6) is -1.40. The summed E-state index contributed by atoms with van der Waals surface area (Å²) in [5, 5.41) is 26.4. The Labute approximate surface area is 107 Å². The molecule has 0 radical (unpaired) electrons. The van der Waals surface area contributed by atoms with E-state index in [1.807, 2.05) is 0 Å². The molecule has 0 saturated heterocycles. The van der Waals surface area contributed by atoms with E-state index in [0.29, 0.717) is 6.07 Å². The van der Waals surface area contributed by atoms with Crippen LogP contribution < -0.4 is 0 Å². The van der Waals surface area contributed by atoms with Crippen molar-refractivity contribution in [1.29, 1.82) is 0 Å². The molecule has 1 aromatic heterocycles. The number of rotatable bonds is 4. The average Bonchev–Trinajstić information content (AvgIpc) is 2.81. The van der Waals surface area contributed by atoms with E-state index in [1.165, 1.54) is 13.3 Å². The molecule has 0 fully saturated rings. The van der Waals surface area contributed by atoms with E-state index in [-0.39, 0.29) is 17.8 Å². The molecule has 19 heavy (non-hydrogen) atoms. The molecule has 0 aliphatic heterocycles. The van der Waals surface area contributed by atoms with Gasteiger partial charge in [0.05, 0.1) is 6.10 Å². The third-order valence-corrected chi connectivity index (χ3v) is 2.99. The normalized spacial score (nSPS) is 16.1. The molecule has 2 aromatic rings. The van der Waals surface area contributed by atoms with E-state index in [9.17, 15) is 19.0 Å². The molecule has 3 N–H and O–H groups in total. The van der Waals surface area contributed by atoms with Crippen LogP contribution >= 0.6 is 0 Å². The molecular formula is C12H13F2N3O2. The van der Waals surface area contributed by atoms with Crippen LogP contribution in [-0.4, -0.2) is 31.5 Å². The van der Waals surface area contributed by atoms with E-state index in [1.54, 1.807) is 0 Å². The van der Waals surface area contributed by atoms with Crippen LogP contribution in [0.25, 0.3) is 0 Å². The van der Waals surface area contributed by atoms with Crippen molar-refractivity contribution in [3.05, 3.63) is 47.5 Å². The predicted octanol–water partition coefficient (Wildman–Crippen LogP) is 0.894. The quantitative estimate of drug-likeness (QED) is 0.770. The Balaban J connectivity index is 2.43. The van der Waals surface area contributed by atoms with Gasteiger partial charge in [0.1, 0.15) is 29.4 Å². The summed E-state index contributed by atoms with van der Waals surface area (Å²) in [7, 11) is 0. The molecule has 0 aliphatic rings. The molecule has 0 aliphatic carbocycles. The number of aliphatic hydroxyl groups is 2. The molecule has 0 spiro atoms. The van der Waals surface area contributed by atoms with E-state index in [4.69, 9.17) is 0 Å². The van der Waals surface area contributed by atoms with Gasteiger partial charge in [-0.3, -0.25) is 5.10 Å². The maximum Gasteiger partial charge on any atom is 0.137 e. The number of nitrogens with one attached hydrogen (secondary N) is 1. The number of halogens is 2. The van der Waals surface area contributed by atoms with Gasteiger partial charge in [0.25, 0.3) is 0 Å². The van der Waals surface area contributed by atoms with Crippen LogP contribution in [0.2, 0.25) is 0 Å². The summed E-state index contributed by atoms with van der Waals surface area (Å²) in [6, 6.07) is 2.78. The van der Waals surface area contributed by atoms with Crippen LogP contribution in [0.3, 0.4) is 0 Å². The lowest BCUT2D eigenvalue weighted by molar-refractivity contribution is -0.0746. The van der Waals surface area contributed by atoms with Crippen LogP contribution in [0.4, 0.5) is 8.78 Å². The monoisotopic (exact) mass is 269 g/mol. The third-order valence-electron chi connectivity index (χ3n) is 2.99. The number of hydrogen-bond donors (Lipinski definition) is 3. The minimum atomic E-state index is -1.92. The zero-order valence-electron chi connectivity index (χ0n) is 10.1. The largest absolute Gasteiger partial charge is 0.390 e. The molecule has 1 heterocycles. The van der Waals surface area contributed by atoms with Gasteiger partial charge in [-0.1, -0.05) is 6.07 Å². The Morgan fingerprint density at radius 2 is 2.16 bits per heavy atom. The summed E-state index contributed by atoms with van der Waals surface area (Å²) in [5.41, 5.74) is -2.11. The maximum absolute atomic E-state index is 13.8. The first kappa shape index (κ1) is 13.6. The molecular weight excluding hydrogens is 256 g/mol. The molecule has 0 unspecified atom stereocenters. The van der Waals surface area contributed by atoms with Crippen LogP contribution in [0.15, 0.2) is 24.5 Å². The van der Waals surface area contributed by atoms with Crippen LogP contribution in [0.5, 0.6) is 0 Å². The van der Waals surface area contributed by atoms with E-state index in [2.05, 4.69) is 15.2 Å². The second-order valence-corrected chi connectivity index (χ2v) is 4.33. The molecule has 102 valence electrons. The molecule has 2 rings (SSSR count). The zero-order valence-corrected chi connectivity index (χ0v) is 10.1. The standard InChI is InChI=1S/C12H13F2N3O2/c1-7(18)12(19,5-11-15-6-16-17-11)9-3-2-8(13)4-10(9)14/h2-4,6-7,18-19H,5H2,1H3,(H,15,16,17)/t7-,12+/m1/s1. The summed E-state index contributed by atoms with van der Waals surface area (Å²) in [4.78, 5) is 3.82. The highest BCUT2D eigenvalue weighted by atomic mass is 19.1. The first-order valence-corrected chi connectivity index (χ1v) is 5.63. The molecule has 0 amide bonds. The van der Waals surface area contributed by atoms with Crippen molar-refractivity contribution < 1.29 is 19.0 Å². The Morgan fingerprint density at radius 3 is 2.68 bits per heavy atom. The first-order chi connectivity index (χ1) is 8.93. The van der Waals surface area contributed by atoms with Gasteiger partial charge in [-0.25, -0.2) is 13.8 Å². The third kappa shape index (κ3) is 2.61. The molecule has 0 bridgehead atoms. The lowest BCUT2D eigenvalue weighted by Crippen LogP contribution is -2.41. The fraction of sp³-hybridized carbons (Fsp3) is 0.333. The highest BCUT2D eigenvalue weighted by Gasteiger charge is 2.38. The fourth-order valence-corrected chi connectivity index (χ4v) is 1.88. The van der Waals surface area contributed by atoms with Crippen molar-refractivity contribution in [2.45, 2.75) is 25.0 Å². The van der Waals surface area contributed by atoms with Gasteiger partial charge in [-0.15, -0.1) is 0 Å². The Bertz CT molecular complexity index is 560. The topological polar surface area (TPSA) is 82.0 Å². The highest BCUT2D eigenvalue weighted by Crippen LogP contribution is 2.30. The van der Waals surface area contributed by atoms with Crippen molar-refractivity contribution in [3.8, 4) is 0 Å². The summed E-state index contributed by atoms with van der Waals surface area (Å²) in [6.45, 7) is 1.32. The second-order valence-electron chi connectivity index (χ2n) is 4.33. The number of hydrogen-bond acceptors (Lipinski definition) is 4. The van der Waals surface area contributed by atoms with Gasteiger partial charge >= 0.3 is 0 Å². The molecule has 2 atom stereocenters. The van der Waals surface area contributed by atoms with Crippen LogP contribution in [-0.2, 0) is 12.0 Å². The number of aromatic amines is 1. The van der Waals surface area contributed by atoms with Crippen molar-refractivity contribution >= 4 is 0 Å². The fourth-order valence-electron chi connectivity index (χ4n) is 1.88. The highest BCUT2D eigenvalue weighted by molar-refractivity contribution is 5.27. The van der Waals surface area contributed by atoms with Crippen molar-refractivity contribution in [1.82, 2.24) is 15.2 Å². The Hall–Kier alpha value is -1.86. The second kappa shape index (κ2) is 5.02. The summed E-state index contributed by atoms with van der Waals surface area (Å²) >= 11 is 0. The van der Waals surface area contributed by atoms with Gasteiger partial charge in [-0.2, -0.15) is 5.10 Å². The number of aromatic nitrogens is 3. The summed E-state index contributed by atoms with van der Waals surface area (Å²) < 4.78 is 26.7. The molecule has 5 nitrogen and oxygen atoms in total. The van der Waals surface area contributed by atoms with Crippen LogP contribution in [0.1, 0.15) is 18.3 Å². The van der Waals surface area contributed by atoms with Crippen LogP contribution in [0, 0.1) is 11.6 Å². The number of H-pyrrole nitrogens is 1. The van der Waals surface area contributed by atoms with Gasteiger partial charge in [0, 0.05) is 18.1 Å². The molecule has 7 heteroatoms. The number of benzene rings is 1. The van der Waals surface area contributed by atoms with Crippen molar-refractivity contribution in [2.24, 2.45) is 0 Å². The summed E-state index contributed by atoms with van der Waals surface area (Å²) in [6.07, 6.45) is -0.218. The SMILES string of the molecule is C[C@@H](O)[C@@](O)(Cc1ncn[nH]1)c1ccc(F)cc1F. The van der Waals surface area contributed by atoms with E-state index in [0.717, 1.165) is 12.1 Å². The Kier molecular flexibility index (Phi) is 3.59. The van der Waals surface area contributed by atoms with E-state index >= 15 is 0 Å². The lowest BCUT2D eigenvalue weighted by Gasteiger charge is -2.31. The van der Waals surface area contributed by atoms with Gasteiger partial charge in [0.2, 0.25) is 0 Å². The van der Waals surface area contributed by atoms with Gasteiger partial charge in [-0.05, 0) is 13.0 Å². The minimum Gasteiger partial charge on any atom is -0.390 e. The number of nitrogens with zero attached hydrogens (tertiary/aromatic N) is 2. The van der Waals surface area contributed by atoms with E-state index < -0.39 is 23.3 Å².